The van der Waals surface area contributed by atoms with E-state index in [9.17, 15) is 0 Å². The van der Waals surface area contributed by atoms with Gasteiger partial charge in [-0.1, -0.05) is 26.0 Å². The van der Waals surface area contributed by atoms with Crippen LogP contribution in [0.3, 0.4) is 0 Å². The lowest BCUT2D eigenvalue weighted by Gasteiger charge is -2.08. The van der Waals surface area contributed by atoms with Crippen LogP contribution in [-0.4, -0.2) is 12.1 Å². The lowest BCUT2D eigenvalue weighted by atomic mass is 10.0. The van der Waals surface area contributed by atoms with Crippen LogP contribution in [0.5, 0.6) is 5.75 Å². The van der Waals surface area contributed by atoms with Crippen molar-refractivity contribution in [3.8, 4) is 16.9 Å². The van der Waals surface area contributed by atoms with Crippen LogP contribution in [0.4, 0.5) is 0 Å². The first kappa shape index (κ1) is 11.6. The van der Waals surface area contributed by atoms with Gasteiger partial charge in [0.05, 0.1) is 7.11 Å². The Morgan fingerprint density at radius 1 is 1.00 bits per heavy atom. The Labute approximate surface area is 102 Å². The van der Waals surface area contributed by atoms with E-state index >= 15 is 0 Å². The van der Waals surface area contributed by atoms with E-state index in [2.05, 4.69) is 37.0 Å². The van der Waals surface area contributed by atoms with Gasteiger partial charge in [0.2, 0.25) is 0 Å². The molecule has 0 radical (unpaired) electrons. The third-order valence-corrected chi connectivity index (χ3v) is 2.80. The Bertz CT molecular complexity index is 489. The summed E-state index contributed by atoms with van der Waals surface area (Å²) in [6, 6.07) is 12.3. The van der Waals surface area contributed by atoms with Gasteiger partial charge in [-0.25, -0.2) is 0 Å². The van der Waals surface area contributed by atoms with Gasteiger partial charge in [-0.2, -0.15) is 0 Å². The molecule has 0 spiro atoms. The zero-order valence-electron chi connectivity index (χ0n) is 10.5. The molecule has 0 fully saturated rings. The normalized spacial score (nSPS) is 10.6. The first-order chi connectivity index (χ1) is 8.20. The molecule has 17 heavy (non-hydrogen) atoms. The summed E-state index contributed by atoms with van der Waals surface area (Å²) in [4.78, 5) is 4.37. The average molecular weight is 227 g/mol. The quantitative estimate of drug-likeness (QED) is 0.793. The van der Waals surface area contributed by atoms with Crippen molar-refractivity contribution in [3.05, 3.63) is 48.3 Å². The lowest BCUT2D eigenvalue weighted by Crippen LogP contribution is -1.92. The number of hydrogen-bond acceptors (Lipinski definition) is 2. The Balaban J connectivity index is 2.35. The second-order valence-corrected chi connectivity index (χ2v) is 4.35. The van der Waals surface area contributed by atoms with Gasteiger partial charge in [-0.3, -0.25) is 4.98 Å². The van der Waals surface area contributed by atoms with E-state index in [4.69, 9.17) is 4.74 Å². The summed E-state index contributed by atoms with van der Waals surface area (Å²) in [6.45, 7) is 4.31. The Hall–Kier alpha value is -1.83. The van der Waals surface area contributed by atoms with E-state index in [1.807, 2.05) is 24.4 Å². The lowest BCUT2D eigenvalue weighted by molar-refractivity contribution is 0.415. The fourth-order valence-corrected chi connectivity index (χ4v) is 1.73. The van der Waals surface area contributed by atoms with Crippen molar-refractivity contribution >= 4 is 0 Å². The standard InChI is InChI=1S/C15H17NO/c1-11(2)15-10-13(8-9-16-15)12-4-6-14(17-3)7-5-12/h4-11H,1-3H3. The molecule has 0 amide bonds. The number of benzene rings is 1. The molecule has 1 aromatic heterocycles. The monoisotopic (exact) mass is 227 g/mol. The third kappa shape index (κ3) is 2.64. The van der Waals surface area contributed by atoms with Gasteiger partial charge in [0.25, 0.3) is 0 Å². The molecular weight excluding hydrogens is 210 g/mol. The summed E-state index contributed by atoms with van der Waals surface area (Å²) in [6.07, 6.45) is 1.87. The highest BCUT2D eigenvalue weighted by Crippen LogP contribution is 2.24. The second-order valence-electron chi connectivity index (χ2n) is 4.35. The number of pyridine rings is 1. The molecule has 2 rings (SSSR count). The van der Waals surface area contributed by atoms with Gasteiger partial charge in [0, 0.05) is 11.9 Å². The minimum Gasteiger partial charge on any atom is -0.497 e. The molecular formula is C15H17NO. The molecule has 0 aliphatic carbocycles. The van der Waals surface area contributed by atoms with Crippen LogP contribution in [0.15, 0.2) is 42.6 Å². The van der Waals surface area contributed by atoms with Crippen LogP contribution in [0.25, 0.3) is 11.1 Å². The molecule has 0 unspecified atom stereocenters. The number of ether oxygens (including phenoxy) is 1. The van der Waals surface area contributed by atoms with Crippen LogP contribution < -0.4 is 4.74 Å². The van der Waals surface area contributed by atoms with Gasteiger partial charge in [-0.15, -0.1) is 0 Å². The summed E-state index contributed by atoms with van der Waals surface area (Å²) in [5, 5.41) is 0. The molecule has 0 bridgehead atoms. The largest absolute Gasteiger partial charge is 0.497 e. The van der Waals surface area contributed by atoms with E-state index in [0.29, 0.717) is 5.92 Å². The van der Waals surface area contributed by atoms with Crippen LogP contribution >= 0.6 is 0 Å². The van der Waals surface area contributed by atoms with E-state index in [0.717, 1.165) is 11.4 Å². The molecule has 2 nitrogen and oxygen atoms in total. The maximum Gasteiger partial charge on any atom is 0.118 e. The van der Waals surface area contributed by atoms with Crippen molar-refractivity contribution in [2.45, 2.75) is 19.8 Å². The molecule has 0 saturated carbocycles. The SMILES string of the molecule is COc1ccc(-c2ccnc(C(C)C)c2)cc1. The minimum atomic E-state index is 0.452. The molecule has 2 heteroatoms. The van der Waals surface area contributed by atoms with E-state index in [1.54, 1.807) is 7.11 Å². The Morgan fingerprint density at radius 2 is 1.71 bits per heavy atom. The van der Waals surface area contributed by atoms with E-state index in [-0.39, 0.29) is 0 Å². The van der Waals surface area contributed by atoms with Crippen molar-refractivity contribution < 1.29 is 4.74 Å². The summed E-state index contributed by atoms with van der Waals surface area (Å²) >= 11 is 0. The second kappa shape index (κ2) is 5.00. The van der Waals surface area contributed by atoms with Gasteiger partial charge < -0.3 is 4.74 Å². The first-order valence-electron chi connectivity index (χ1n) is 5.81. The van der Waals surface area contributed by atoms with Gasteiger partial charge >= 0.3 is 0 Å². The molecule has 88 valence electrons. The molecule has 2 aromatic rings. The van der Waals surface area contributed by atoms with Crippen LogP contribution in [0.2, 0.25) is 0 Å². The van der Waals surface area contributed by atoms with Crippen molar-refractivity contribution in [1.82, 2.24) is 4.98 Å². The average Bonchev–Trinajstić information content (AvgIpc) is 2.39. The maximum atomic E-state index is 5.15. The van der Waals surface area contributed by atoms with Crippen LogP contribution in [0, 0.1) is 0 Å². The molecule has 0 atom stereocenters. The zero-order valence-corrected chi connectivity index (χ0v) is 10.5. The van der Waals surface area contributed by atoms with Gasteiger partial charge in [0.1, 0.15) is 5.75 Å². The minimum absolute atomic E-state index is 0.452. The van der Waals surface area contributed by atoms with Crippen molar-refractivity contribution in [2.75, 3.05) is 7.11 Å². The number of rotatable bonds is 3. The topological polar surface area (TPSA) is 22.1 Å². The van der Waals surface area contributed by atoms with Crippen molar-refractivity contribution in [3.63, 3.8) is 0 Å². The van der Waals surface area contributed by atoms with Gasteiger partial charge in [-0.05, 0) is 41.3 Å². The maximum absolute atomic E-state index is 5.15. The summed E-state index contributed by atoms with van der Waals surface area (Å²) < 4.78 is 5.15. The Morgan fingerprint density at radius 3 is 2.29 bits per heavy atom. The molecule has 0 N–H and O–H groups in total. The smallest absolute Gasteiger partial charge is 0.118 e. The molecule has 0 aliphatic rings. The fourth-order valence-electron chi connectivity index (χ4n) is 1.73. The molecule has 0 aliphatic heterocycles. The predicted molar refractivity (Wildman–Crippen MR) is 70.3 cm³/mol. The van der Waals surface area contributed by atoms with Gasteiger partial charge in [0.15, 0.2) is 0 Å². The Kier molecular flexibility index (Phi) is 3.43. The predicted octanol–water partition coefficient (Wildman–Crippen LogP) is 3.88. The van der Waals surface area contributed by atoms with E-state index in [1.165, 1.54) is 11.1 Å². The third-order valence-electron chi connectivity index (χ3n) is 2.80. The zero-order chi connectivity index (χ0) is 12.3. The summed E-state index contributed by atoms with van der Waals surface area (Å²) in [5.41, 5.74) is 3.51. The molecule has 0 saturated heterocycles. The highest BCUT2D eigenvalue weighted by molar-refractivity contribution is 5.64. The molecule has 1 heterocycles. The van der Waals surface area contributed by atoms with Crippen molar-refractivity contribution in [2.24, 2.45) is 0 Å². The summed E-state index contributed by atoms with van der Waals surface area (Å²) in [5.74, 6) is 1.33. The fraction of sp³-hybridized carbons (Fsp3) is 0.267. The highest BCUT2D eigenvalue weighted by Gasteiger charge is 2.03. The number of methoxy groups -OCH3 is 1. The number of nitrogens with zero attached hydrogens (tertiary/aromatic N) is 1. The van der Waals surface area contributed by atoms with E-state index < -0.39 is 0 Å². The summed E-state index contributed by atoms with van der Waals surface area (Å²) in [7, 11) is 1.68. The number of aromatic nitrogens is 1. The number of hydrogen-bond donors (Lipinski definition) is 0. The molecule has 1 aromatic carbocycles. The van der Waals surface area contributed by atoms with Crippen LogP contribution in [0.1, 0.15) is 25.5 Å². The highest BCUT2D eigenvalue weighted by atomic mass is 16.5. The first-order valence-corrected chi connectivity index (χ1v) is 5.81. The van der Waals surface area contributed by atoms with Crippen LogP contribution in [-0.2, 0) is 0 Å². The van der Waals surface area contributed by atoms with Crippen molar-refractivity contribution in [1.29, 1.82) is 0 Å².